The molecule has 1 N–H and O–H groups in total. The first-order chi connectivity index (χ1) is 10.1. The number of carboxylic acids is 1. The summed E-state index contributed by atoms with van der Waals surface area (Å²) in [6.07, 6.45) is 1.71. The number of carbonyl (C=O) groups is 1. The first kappa shape index (κ1) is 13.1. The Morgan fingerprint density at radius 1 is 1.14 bits per heavy atom. The second-order valence-corrected chi connectivity index (χ2v) is 4.67. The minimum absolute atomic E-state index is 0.0196. The molecule has 0 radical (unpaired) electrons. The van der Waals surface area contributed by atoms with E-state index < -0.39 is 5.97 Å². The van der Waals surface area contributed by atoms with E-state index in [0.717, 1.165) is 16.5 Å². The Morgan fingerprint density at radius 2 is 2.00 bits per heavy atom. The highest BCUT2D eigenvalue weighted by Gasteiger charge is 2.11. The lowest BCUT2D eigenvalue weighted by molar-refractivity contribution is 0.0684. The van der Waals surface area contributed by atoms with E-state index >= 15 is 0 Å². The zero-order valence-electron chi connectivity index (χ0n) is 11.1. The van der Waals surface area contributed by atoms with E-state index in [2.05, 4.69) is 4.98 Å². The standard InChI is InChI=1S/C16H12N2O3/c19-15-5-1-4-14(16(20)21)18(15)10-11-6-7-13-12(9-11)3-2-8-17-13/h1-9H,10H2,(H,20,21). The Kier molecular flexibility index (Phi) is 3.23. The lowest BCUT2D eigenvalue weighted by Gasteiger charge is -2.10. The number of hydrogen-bond acceptors (Lipinski definition) is 3. The van der Waals surface area contributed by atoms with Crippen molar-refractivity contribution in [1.29, 1.82) is 0 Å². The highest BCUT2D eigenvalue weighted by Crippen LogP contribution is 2.14. The van der Waals surface area contributed by atoms with E-state index in [1.54, 1.807) is 6.20 Å². The van der Waals surface area contributed by atoms with Crippen LogP contribution in [0.15, 0.2) is 59.5 Å². The van der Waals surface area contributed by atoms with Gasteiger partial charge in [0.1, 0.15) is 5.69 Å². The van der Waals surface area contributed by atoms with Gasteiger partial charge in [-0.2, -0.15) is 0 Å². The maximum atomic E-state index is 11.9. The monoisotopic (exact) mass is 280 g/mol. The molecule has 1 aromatic carbocycles. The molecule has 0 amide bonds. The highest BCUT2D eigenvalue weighted by atomic mass is 16.4. The quantitative estimate of drug-likeness (QED) is 0.797. The summed E-state index contributed by atoms with van der Waals surface area (Å²) in [7, 11) is 0. The van der Waals surface area contributed by atoms with Gasteiger partial charge >= 0.3 is 5.97 Å². The number of pyridine rings is 2. The van der Waals surface area contributed by atoms with Crippen molar-refractivity contribution in [2.45, 2.75) is 6.54 Å². The zero-order valence-corrected chi connectivity index (χ0v) is 11.1. The summed E-state index contributed by atoms with van der Waals surface area (Å²) in [5, 5.41) is 10.1. The van der Waals surface area contributed by atoms with Crippen molar-refractivity contribution in [3.63, 3.8) is 0 Å². The molecule has 0 unspecified atom stereocenters. The topological polar surface area (TPSA) is 72.2 Å². The number of aromatic carboxylic acids is 1. The first-order valence-electron chi connectivity index (χ1n) is 6.42. The van der Waals surface area contributed by atoms with E-state index in [9.17, 15) is 14.7 Å². The van der Waals surface area contributed by atoms with Crippen molar-refractivity contribution >= 4 is 16.9 Å². The van der Waals surface area contributed by atoms with E-state index in [0.29, 0.717) is 0 Å². The molecule has 0 spiro atoms. The van der Waals surface area contributed by atoms with Crippen molar-refractivity contribution in [1.82, 2.24) is 9.55 Å². The van der Waals surface area contributed by atoms with Crippen molar-refractivity contribution in [2.75, 3.05) is 0 Å². The molecule has 2 heterocycles. The fraction of sp³-hybridized carbons (Fsp3) is 0.0625. The van der Waals surface area contributed by atoms with Crippen LogP contribution >= 0.6 is 0 Å². The maximum absolute atomic E-state index is 11.9. The number of fused-ring (bicyclic) bond motifs is 1. The van der Waals surface area contributed by atoms with Crippen LogP contribution in [-0.2, 0) is 6.54 Å². The molecule has 104 valence electrons. The molecular weight excluding hydrogens is 268 g/mol. The number of carboxylic acid groups (broad SMARTS) is 1. The predicted octanol–water partition coefficient (Wildman–Crippen LogP) is 2.14. The SMILES string of the molecule is O=C(O)c1cccc(=O)n1Cc1ccc2ncccc2c1. The van der Waals surface area contributed by atoms with Crippen LogP contribution in [0.2, 0.25) is 0 Å². The largest absolute Gasteiger partial charge is 0.477 e. The van der Waals surface area contributed by atoms with Gasteiger partial charge in [-0.1, -0.05) is 18.2 Å². The molecular formula is C16H12N2O3. The summed E-state index contributed by atoms with van der Waals surface area (Å²) in [6.45, 7) is 0.214. The molecule has 0 saturated carbocycles. The van der Waals surface area contributed by atoms with Crippen molar-refractivity contribution in [3.8, 4) is 0 Å². The number of aromatic nitrogens is 2. The molecule has 0 aliphatic heterocycles. The van der Waals surface area contributed by atoms with Crippen LogP contribution in [0.3, 0.4) is 0 Å². The van der Waals surface area contributed by atoms with Gasteiger partial charge in [0.2, 0.25) is 0 Å². The summed E-state index contributed by atoms with van der Waals surface area (Å²) in [5.41, 5.74) is 1.36. The number of rotatable bonds is 3. The van der Waals surface area contributed by atoms with Crippen LogP contribution in [0, 0.1) is 0 Å². The molecule has 0 fully saturated rings. The van der Waals surface area contributed by atoms with Crippen LogP contribution in [-0.4, -0.2) is 20.6 Å². The maximum Gasteiger partial charge on any atom is 0.352 e. The molecule has 21 heavy (non-hydrogen) atoms. The van der Waals surface area contributed by atoms with E-state index in [1.165, 1.54) is 22.8 Å². The smallest absolute Gasteiger partial charge is 0.352 e. The molecule has 2 aromatic heterocycles. The normalized spacial score (nSPS) is 10.7. The highest BCUT2D eigenvalue weighted by molar-refractivity contribution is 5.85. The molecule has 5 heteroatoms. The molecule has 0 bridgehead atoms. The van der Waals surface area contributed by atoms with E-state index in [-0.39, 0.29) is 17.8 Å². The van der Waals surface area contributed by atoms with Crippen molar-refractivity contribution < 1.29 is 9.90 Å². The third-order valence-electron chi connectivity index (χ3n) is 3.28. The van der Waals surface area contributed by atoms with Gasteiger partial charge in [0.05, 0.1) is 12.1 Å². The van der Waals surface area contributed by atoms with Gasteiger partial charge < -0.3 is 5.11 Å². The minimum atomic E-state index is -1.12. The van der Waals surface area contributed by atoms with Crippen LogP contribution in [0.1, 0.15) is 16.1 Å². The Labute approximate surface area is 120 Å². The van der Waals surface area contributed by atoms with Crippen LogP contribution in [0.5, 0.6) is 0 Å². The fourth-order valence-corrected chi connectivity index (χ4v) is 2.28. The average Bonchev–Trinajstić information content (AvgIpc) is 2.49. The average molecular weight is 280 g/mol. The predicted molar refractivity (Wildman–Crippen MR) is 78.5 cm³/mol. The Balaban J connectivity index is 2.06. The van der Waals surface area contributed by atoms with Gasteiger partial charge in [-0.3, -0.25) is 14.3 Å². The lowest BCUT2D eigenvalue weighted by Crippen LogP contribution is -2.25. The summed E-state index contributed by atoms with van der Waals surface area (Å²) in [4.78, 5) is 27.3. The molecule has 0 atom stereocenters. The molecule has 0 aliphatic carbocycles. The second kappa shape index (κ2) is 5.20. The summed E-state index contributed by atoms with van der Waals surface area (Å²) in [5.74, 6) is -1.12. The van der Waals surface area contributed by atoms with Crippen molar-refractivity contribution in [3.05, 3.63) is 76.3 Å². The Hall–Kier alpha value is -2.95. The number of nitrogens with zero attached hydrogens (tertiary/aromatic N) is 2. The van der Waals surface area contributed by atoms with E-state index in [4.69, 9.17) is 0 Å². The third kappa shape index (κ3) is 2.53. The molecule has 0 saturated heterocycles. The lowest BCUT2D eigenvalue weighted by atomic mass is 10.1. The first-order valence-corrected chi connectivity index (χ1v) is 6.42. The van der Waals surface area contributed by atoms with Crippen LogP contribution < -0.4 is 5.56 Å². The minimum Gasteiger partial charge on any atom is -0.477 e. The third-order valence-corrected chi connectivity index (χ3v) is 3.28. The summed E-state index contributed by atoms with van der Waals surface area (Å²) < 4.78 is 1.25. The summed E-state index contributed by atoms with van der Waals surface area (Å²) in [6, 6.07) is 13.6. The van der Waals surface area contributed by atoms with E-state index in [1.807, 2.05) is 30.3 Å². The molecule has 0 aliphatic rings. The van der Waals surface area contributed by atoms with Gasteiger partial charge in [0, 0.05) is 17.6 Å². The van der Waals surface area contributed by atoms with Crippen LogP contribution in [0.4, 0.5) is 0 Å². The Morgan fingerprint density at radius 3 is 2.81 bits per heavy atom. The van der Waals surface area contributed by atoms with Gasteiger partial charge in [-0.05, 0) is 29.8 Å². The molecule has 3 aromatic rings. The van der Waals surface area contributed by atoms with Crippen LogP contribution in [0.25, 0.3) is 10.9 Å². The number of benzene rings is 1. The zero-order chi connectivity index (χ0) is 14.8. The van der Waals surface area contributed by atoms with Gasteiger partial charge in [0.15, 0.2) is 0 Å². The summed E-state index contributed by atoms with van der Waals surface area (Å²) >= 11 is 0. The van der Waals surface area contributed by atoms with Gasteiger partial charge in [-0.25, -0.2) is 4.79 Å². The van der Waals surface area contributed by atoms with Gasteiger partial charge in [0.25, 0.3) is 5.56 Å². The Bertz CT molecular complexity index is 884. The second-order valence-electron chi connectivity index (χ2n) is 4.67. The fourth-order valence-electron chi connectivity index (χ4n) is 2.28. The molecule has 3 rings (SSSR count). The van der Waals surface area contributed by atoms with Gasteiger partial charge in [-0.15, -0.1) is 0 Å². The van der Waals surface area contributed by atoms with Crippen molar-refractivity contribution in [2.24, 2.45) is 0 Å². The number of hydrogen-bond donors (Lipinski definition) is 1. The molecule has 5 nitrogen and oxygen atoms in total.